The zero-order valence-electron chi connectivity index (χ0n) is 14.3. The van der Waals surface area contributed by atoms with Gasteiger partial charge in [0.05, 0.1) is 10.6 Å². The predicted molar refractivity (Wildman–Crippen MR) is 110 cm³/mol. The second-order valence-electron chi connectivity index (χ2n) is 6.48. The van der Waals surface area contributed by atoms with E-state index in [1.807, 2.05) is 65.6 Å². The van der Waals surface area contributed by atoms with E-state index in [9.17, 15) is 4.79 Å². The van der Waals surface area contributed by atoms with Crippen LogP contribution in [-0.4, -0.2) is 22.0 Å². The predicted octanol–water partition coefficient (Wildman–Crippen LogP) is 5.89. The molecular formula is C21H19ClN2OS. The normalized spacial score (nSPS) is 21.3. The SMILES string of the molecule is O=C1/C(=C\c2ccccc2Cl)SC(=Nc2ccccc2)N1C1CCCC1. The van der Waals surface area contributed by atoms with Gasteiger partial charge in [0.1, 0.15) is 0 Å². The van der Waals surface area contributed by atoms with E-state index in [4.69, 9.17) is 16.6 Å². The molecule has 0 aromatic heterocycles. The lowest BCUT2D eigenvalue weighted by molar-refractivity contribution is -0.123. The molecule has 1 heterocycles. The van der Waals surface area contributed by atoms with Crippen molar-refractivity contribution in [3.8, 4) is 0 Å². The molecular weight excluding hydrogens is 364 g/mol. The van der Waals surface area contributed by atoms with Crippen molar-refractivity contribution in [3.05, 3.63) is 70.1 Å². The van der Waals surface area contributed by atoms with E-state index < -0.39 is 0 Å². The number of rotatable bonds is 3. The fourth-order valence-corrected chi connectivity index (χ4v) is 4.64. The fraction of sp³-hybridized carbons (Fsp3) is 0.238. The number of carbonyl (C=O) groups excluding carboxylic acids is 1. The molecule has 0 unspecified atom stereocenters. The maximum atomic E-state index is 13.1. The molecule has 1 aliphatic carbocycles. The zero-order valence-corrected chi connectivity index (χ0v) is 15.8. The molecule has 4 rings (SSSR count). The lowest BCUT2D eigenvalue weighted by Crippen LogP contribution is -2.37. The summed E-state index contributed by atoms with van der Waals surface area (Å²) >= 11 is 7.71. The van der Waals surface area contributed by atoms with Crippen molar-refractivity contribution in [3.63, 3.8) is 0 Å². The minimum atomic E-state index is 0.0384. The molecule has 0 N–H and O–H groups in total. The summed E-state index contributed by atoms with van der Waals surface area (Å²) in [7, 11) is 0. The molecule has 0 bridgehead atoms. The van der Waals surface area contributed by atoms with Crippen LogP contribution in [0.5, 0.6) is 0 Å². The Bertz CT molecular complexity index is 873. The molecule has 3 nitrogen and oxygen atoms in total. The Labute approximate surface area is 162 Å². The van der Waals surface area contributed by atoms with Crippen LogP contribution in [0.15, 0.2) is 64.5 Å². The highest BCUT2D eigenvalue weighted by atomic mass is 35.5. The van der Waals surface area contributed by atoms with Gasteiger partial charge in [0.15, 0.2) is 5.17 Å². The van der Waals surface area contributed by atoms with Gasteiger partial charge in [0.2, 0.25) is 0 Å². The van der Waals surface area contributed by atoms with E-state index in [1.54, 1.807) is 0 Å². The summed E-state index contributed by atoms with van der Waals surface area (Å²) in [5, 5.41) is 1.42. The monoisotopic (exact) mass is 382 g/mol. The highest BCUT2D eigenvalue weighted by molar-refractivity contribution is 8.18. The first-order valence-electron chi connectivity index (χ1n) is 8.84. The number of amides is 1. The topological polar surface area (TPSA) is 32.7 Å². The number of hydrogen-bond acceptors (Lipinski definition) is 3. The Hall–Kier alpha value is -2.04. The van der Waals surface area contributed by atoms with E-state index in [-0.39, 0.29) is 11.9 Å². The van der Waals surface area contributed by atoms with Crippen molar-refractivity contribution in [1.82, 2.24) is 4.90 Å². The highest BCUT2D eigenvalue weighted by Gasteiger charge is 2.39. The first kappa shape index (κ1) is 17.4. The molecule has 132 valence electrons. The summed E-state index contributed by atoms with van der Waals surface area (Å²) in [5.74, 6) is 0.0384. The highest BCUT2D eigenvalue weighted by Crippen LogP contribution is 2.39. The van der Waals surface area contributed by atoms with Gasteiger partial charge in [0.25, 0.3) is 5.91 Å². The molecule has 1 amide bonds. The smallest absolute Gasteiger partial charge is 0.267 e. The number of nitrogens with zero attached hydrogens (tertiary/aromatic N) is 2. The van der Waals surface area contributed by atoms with Crippen molar-refractivity contribution in [2.45, 2.75) is 31.7 Å². The van der Waals surface area contributed by atoms with E-state index in [0.29, 0.717) is 9.93 Å². The molecule has 0 spiro atoms. The van der Waals surface area contributed by atoms with Gasteiger partial charge in [0, 0.05) is 11.1 Å². The molecule has 1 saturated heterocycles. The zero-order chi connectivity index (χ0) is 17.9. The number of hydrogen-bond donors (Lipinski definition) is 0. The number of aliphatic imine (C=N–C) groups is 1. The molecule has 2 aliphatic rings. The van der Waals surface area contributed by atoms with Crippen molar-refractivity contribution < 1.29 is 4.79 Å². The molecule has 0 radical (unpaired) electrons. The second kappa shape index (κ2) is 7.68. The van der Waals surface area contributed by atoms with E-state index in [1.165, 1.54) is 24.6 Å². The Morgan fingerprint density at radius 2 is 1.73 bits per heavy atom. The third kappa shape index (κ3) is 3.57. The maximum Gasteiger partial charge on any atom is 0.267 e. The Balaban J connectivity index is 1.72. The van der Waals surface area contributed by atoms with Crippen LogP contribution < -0.4 is 0 Å². The minimum Gasteiger partial charge on any atom is -0.283 e. The average Bonchev–Trinajstić information content (AvgIpc) is 3.27. The Morgan fingerprint density at radius 1 is 1.04 bits per heavy atom. The van der Waals surface area contributed by atoms with Crippen LogP contribution in [0.25, 0.3) is 6.08 Å². The van der Waals surface area contributed by atoms with E-state index in [2.05, 4.69) is 0 Å². The first-order valence-corrected chi connectivity index (χ1v) is 10.0. The average molecular weight is 383 g/mol. The van der Waals surface area contributed by atoms with E-state index >= 15 is 0 Å². The maximum absolute atomic E-state index is 13.1. The molecule has 1 saturated carbocycles. The number of thioether (sulfide) groups is 1. The largest absolute Gasteiger partial charge is 0.283 e. The number of amidine groups is 1. The van der Waals surface area contributed by atoms with Gasteiger partial charge in [-0.25, -0.2) is 4.99 Å². The number of para-hydroxylation sites is 1. The van der Waals surface area contributed by atoms with Crippen LogP contribution in [-0.2, 0) is 4.79 Å². The van der Waals surface area contributed by atoms with Crippen LogP contribution in [0.2, 0.25) is 5.02 Å². The quantitative estimate of drug-likeness (QED) is 0.620. The lowest BCUT2D eigenvalue weighted by Gasteiger charge is -2.22. The van der Waals surface area contributed by atoms with Gasteiger partial charge in [-0.3, -0.25) is 9.69 Å². The van der Waals surface area contributed by atoms with Crippen LogP contribution >= 0.6 is 23.4 Å². The minimum absolute atomic E-state index is 0.0384. The third-order valence-corrected chi connectivity index (χ3v) is 6.03. The van der Waals surface area contributed by atoms with Crippen LogP contribution in [0.1, 0.15) is 31.2 Å². The molecule has 5 heteroatoms. The van der Waals surface area contributed by atoms with Gasteiger partial charge in [-0.15, -0.1) is 0 Å². The lowest BCUT2D eigenvalue weighted by atomic mass is 10.2. The van der Waals surface area contributed by atoms with Crippen molar-refractivity contribution >= 4 is 46.2 Å². The number of benzene rings is 2. The summed E-state index contributed by atoms with van der Waals surface area (Å²) in [6.45, 7) is 0. The fourth-order valence-electron chi connectivity index (χ4n) is 3.40. The van der Waals surface area contributed by atoms with Crippen molar-refractivity contribution in [1.29, 1.82) is 0 Å². The molecule has 2 fully saturated rings. The summed E-state index contributed by atoms with van der Waals surface area (Å²) in [6.07, 6.45) is 6.30. The molecule has 26 heavy (non-hydrogen) atoms. The summed E-state index contributed by atoms with van der Waals surface area (Å²) in [6, 6.07) is 17.6. The molecule has 2 aromatic carbocycles. The molecule has 2 aromatic rings. The van der Waals surface area contributed by atoms with Gasteiger partial charge < -0.3 is 0 Å². The van der Waals surface area contributed by atoms with Gasteiger partial charge >= 0.3 is 0 Å². The van der Waals surface area contributed by atoms with Crippen LogP contribution in [0.4, 0.5) is 5.69 Å². The second-order valence-corrected chi connectivity index (χ2v) is 7.89. The standard InChI is InChI=1S/C21H19ClN2OS/c22-18-13-7-4-8-15(18)14-19-20(25)24(17-11-5-6-12-17)21(26-19)23-16-9-2-1-3-10-16/h1-4,7-10,13-14,17H,5-6,11-12H2/b19-14+,23-21?. The van der Waals surface area contributed by atoms with Crippen molar-refractivity contribution in [2.24, 2.45) is 4.99 Å². The third-order valence-electron chi connectivity index (χ3n) is 4.70. The van der Waals surface area contributed by atoms with Gasteiger partial charge in [-0.1, -0.05) is 60.8 Å². The van der Waals surface area contributed by atoms with Crippen LogP contribution in [0, 0.1) is 0 Å². The van der Waals surface area contributed by atoms with E-state index in [0.717, 1.165) is 29.3 Å². The van der Waals surface area contributed by atoms with Crippen molar-refractivity contribution in [2.75, 3.05) is 0 Å². The number of halogens is 1. The summed E-state index contributed by atoms with van der Waals surface area (Å²) < 4.78 is 0. The number of carbonyl (C=O) groups is 1. The molecule has 0 atom stereocenters. The van der Waals surface area contributed by atoms with Crippen LogP contribution in [0.3, 0.4) is 0 Å². The van der Waals surface area contributed by atoms with Gasteiger partial charge in [-0.2, -0.15) is 0 Å². The van der Waals surface area contributed by atoms with Gasteiger partial charge in [-0.05, 0) is 54.4 Å². The summed E-state index contributed by atoms with van der Waals surface area (Å²) in [4.78, 5) is 20.5. The summed E-state index contributed by atoms with van der Waals surface area (Å²) in [5.41, 5.74) is 1.72. The Kier molecular flexibility index (Phi) is 5.14. The molecule has 1 aliphatic heterocycles. The Morgan fingerprint density at radius 3 is 2.46 bits per heavy atom. The first-order chi connectivity index (χ1) is 12.7.